The molecule has 0 aliphatic rings. The van der Waals surface area contributed by atoms with E-state index in [2.05, 4.69) is 20.7 Å². The highest BCUT2D eigenvalue weighted by atomic mass is 79.9. The Morgan fingerprint density at radius 3 is 2.40 bits per heavy atom. The van der Waals surface area contributed by atoms with Crippen LogP contribution in [0, 0.1) is 0 Å². The zero-order valence-electron chi connectivity index (χ0n) is 11.3. The normalized spacial score (nSPS) is 12.7. The lowest BCUT2D eigenvalue weighted by Crippen LogP contribution is -2.50. The van der Waals surface area contributed by atoms with Crippen molar-refractivity contribution in [2.45, 2.75) is 37.1 Å². The first kappa shape index (κ1) is 17.7. The summed E-state index contributed by atoms with van der Waals surface area (Å²) < 4.78 is 27.8. The van der Waals surface area contributed by atoms with E-state index in [4.69, 9.17) is 17.3 Å². The number of nitrogens with two attached hydrogens (primary N) is 1. The van der Waals surface area contributed by atoms with Gasteiger partial charge in [0.15, 0.2) is 0 Å². The highest BCUT2D eigenvalue weighted by Gasteiger charge is 2.32. The maximum absolute atomic E-state index is 12.5. The van der Waals surface area contributed by atoms with E-state index in [-0.39, 0.29) is 26.7 Å². The Kier molecular flexibility index (Phi) is 5.86. The third kappa shape index (κ3) is 3.65. The van der Waals surface area contributed by atoms with Gasteiger partial charge in [0.25, 0.3) is 0 Å². The molecular weight excluding hydrogens is 368 g/mol. The average Bonchev–Trinajstić information content (AvgIpc) is 2.40. The molecular formula is C12H18BrClN2O3S. The number of aliphatic hydroxyl groups is 1. The minimum absolute atomic E-state index is 0.0396. The van der Waals surface area contributed by atoms with Gasteiger partial charge in [-0.25, -0.2) is 13.1 Å². The molecule has 0 fully saturated rings. The first-order chi connectivity index (χ1) is 9.21. The summed E-state index contributed by atoms with van der Waals surface area (Å²) in [4.78, 5) is -0.0396. The van der Waals surface area contributed by atoms with Crippen molar-refractivity contribution in [1.29, 1.82) is 0 Å². The van der Waals surface area contributed by atoms with Crippen LogP contribution in [0.25, 0.3) is 0 Å². The second-order valence-corrected chi connectivity index (χ2v) is 7.44. The Labute approximate surface area is 132 Å². The highest BCUT2D eigenvalue weighted by Crippen LogP contribution is 2.32. The molecule has 0 saturated heterocycles. The number of rotatable bonds is 6. The molecule has 0 aromatic heterocycles. The highest BCUT2D eigenvalue weighted by molar-refractivity contribution is 9.10. The largest absolute Gasteiger partial charge is 0.398 e. The Morgan fingerprint density at radius 1 is 1.40 bits per heavy atom. The molecule has 1 aromatic rings. The van der Waals surface area contributed by atoms with Gasteiger partial charge in [0, 0.05) is 10.7 Å². The molecule has 0 saturated carbocycles. The van der Waals surface area contributed by atoms with Gasteiger partial charge in [-0.15, -0.1) is 0 Å². The molecule has 0 atom stereocenters. The summed E-state index contributed by atoms with van der Waals surface area (Å²) in [7, 11) is -3.85. The van der Waals surface area contributed by atoms with Crippen molar-refractivity contribution in [3.8, 4) is 0 Å². The smallest absolute Gasteiger partial charge is 0.242 e. The topological polar surface area (TPSA) is 92.4 Å². The summed E-state index contributed by atoms with van der Waals surface area (Å²) in [6, 6.07) is 2.78. The standard InChI is InChI=1S/C12H18BrClN2O3S/c1-3-12(4-2,7-17)16-20(18,19)10-6-8(14)5-9(15)11(10)13/h5-6,16-17H,3-4,7,15H2,1-2H3. The molecule has 0 spiro atoms. The Bertz CT molecular complexity index is 580. The lowest BCUT2D eigenvalue weighted by Gasteiger charge is -2.30. The van der Waals surface area contributed by atoms with Crippen LogP contribution in [-0.4, -0.2) is 25.7 Å². The lowest BCUT2D eigenvalue weighted by atomic mass is 9.96. The number of nitrogens with one attached hydrogen (secondary N) is 1. The molecule has 5 nitrogen and oxygen atoms in total. The molecule has 0 unspecified atom stereocenters. The third-order valence-electron chi connectivity index (χ3n) is 3.33. The molecule has 0 aliphatic carbocycles. The average molecular weight is 386 g/mol. The number of aliphatic hydroxyl groups excluding tert-OH is 1. The Balaban J connectivity index is 3.31. The monoisotopic (exact) mass is 384 g/mol. The molecule has 1 aromatic carbocycles. The van der Waals surface area contributed by atoms with E-state index < -0.39 is 15.6 Å². The number of hydrogen-bond acceptors (Lipinski definition) is 4. The minimum Gasteiger partial charge on any atom is -0.398 e. The maximum atomic E-state index is 12.5. The summed E-state index contributed by atoms with van der Waals surface area (Å²) in [5, 5.41) is 9.71. The molecule has 0 amide bonds. The number of halogens is 2. The number of anilines is 1. The Morgan fingerprint density at radius 2 is 1.95 bits per heavy atom. The molecule has 114 valence electrons. The van der Waals surface area contributed by atoms with Crippen LogP contribution in [0.1, 0.15) is 26.7 Å². The van der Waals surface area contributed by atoms with Gasteiger partial charge >= 0.3 is 0 Å². The number of hydrogen-bond donors (Lipinski definition) is 3. The SMILES string of the molecule is CCC(CC)(CO)NS(=O)(=O)c1cc(Cl)cc(N)c1Br. The van der Waals surface area contributed by atoms with E-state index in [9.17, 15) is 13.5 Å². The van der Waals surface area contributed by atoms with Crippen molar-refractivity contribution in [3.63, 3.8) is 0 Å². The first-order valence-electron chi connectivity index (χ1n) is 6.10. The fourth-order valence-electron chi connectivity index (χ4n) is 1.77. The van der Waals surface area contributed by atoms with Gasteiger partial charge in [-0.1, -0.05) is 25.4 Å². The zero-order valence-corrected chi connectivity index (χ0v) is 14.4. The van der Waals surface area contributed by atoms with E-state index in [0.717, 1.165) is 0 Å². The van der Waals surface area contributed by atoms with Crippen LogP contribution in [0.3, 0.4) is 0 Å². The van der Waals surface area contributed by atoms with Gasteiger partial charge in [-0.2, -0.15) is 0 Å². The van der Waals surface area contributed by atoms with Crippen molar-refractivity contribution >= 4 is 43.2 Å². The van der Waals surface area contributed by atoms with Crippen LogP contribution in [0.2, 0.25) is 5.02 Å². The van der Waals surface area contributed by atoms with Crippen molar-refractivity contribution in [2.75, 3.05) is 12.3 Å². The zero-order chi connectivity index (χ0) is 15.6. The van der Waals surface area contributed by atoms with E-state index in [1.165, 1.54) is 12.1 Å². The fraction of sp³-hybridized carbons (Fsp3) is 0.500. The van der Waals surface area contributed by atoms with Gasteiger partial charge in [0.2, 0.25) is 10.0 Å². The number of sulfonamides is 1. The third-order valence-corrected chi connectivity index (χ3v) is 6.30. The predicted molar refractivity (Wildman–Crippen MR) is 84.3 cm³/mol. The van der Waals surface area contributed by atoms with E-state index in [1.54, 1.807) is 0 Å². The van der Waals surface area contributed by atoms with Gasteiger partial charge in [0.1, 0.15) is 0 Å². The van der Waals surface area contributed by atoms with Crippen molar-refractivity contribution in [2.24, 2.45) is 0 Å². The van der Waals surface area contributed by atoms with Crippen molar-refractivity contribution < 1.29 is 13.5 Å². The second kappa shape index (κ2) is 6.62. The summed E-state index contributed by atoms with van der Waals surface area (Å²) in [5.41, 5.74) is 5.05. The van der Waals surface area contributed by atoms with Crippen LogP contribution in [0.15, 0.2) is 21.5 Å². The maximum Gasteiger partial charge on any atom is 0.242 e. The molecule has 0 heterocycles. The van der Waals surface area contributed by atoms with Crippen molar-refractivity contribution in [1.82, 2.24) is 4.72 Å². The number of benzene rings is 1. The summed E-state index contributed by atoms with van der Waals surface area (Å²) in [5.74, 6) is 0. The fourth-order valence-corrected chi connectivity index (χ4v) is 4.60. The summed E-state index contributed by atoms with van der Waals surface area (Å²) >= 11 is 9.02. The van der Waals surface area contributed by atoms with Gasteiger partial charge in [-0.05, 0) is 40.9 Å². The van der Waals surface area contributed by atoms with Gasteiger partial charge < -0.3 is 10.8 Å². The molecule has 0 radical (unpaired) electrons. The van der Waals surface area contributed by atoms with Crippen LogP contribution < -0.4 is 10.5 Å². The summed E-state index contributed by atoms with van der Waals surface area (Å²) in [6.45, 7) is 3.33. The second-order valence-electron chi connectivity index (χ2n) is 4.56. The minimum atomic E-state index is -3.85. The van der Waals surface area contributed by atoms with Gasteiger partial charge in [-0.3, -0.25) is 0 Å². The molecule has 8 heteroatoms. The van der Waals surface area contributed by atoms with Gasteiger partial charge in [0.05, 0.1) is 21.5 Å². The quantitative estimate of drug-likeness (QED) is 0.656. The first-order valence-corrected chi connectivity index (χ1v) is 8.76. The van der Waals surface area contributed by atoms with Crippen LogP contribution in [0.5, 0.6) is 0 Å². The summed E-state index contributed by atoms with van der Waals surface area (Å²) in [6.07, 6.45) is 0.930. The van der Waals surface area contributed by atoms with Crippen molar-refractivity contribution in [3.05, 3.63) is 21.6 Å². The molecule has 0 aliphatic heterocycles. The molecule has 4 N–H and O–H groups in total. The van der Waals surface area contributed by atoms with E-state index >= 15 is 0 Å². The van der Waals surface area contributed by atoms with Crippen LogP contribution >= 0.6 is 27.5 Å². The Hall–Kier alpha value is -0.340. The van der Waals surface area contributed by atoms with Crippen LogP contribution in [-0.2, 0) is 10.0 Å². The molecule has 1 rings (SSSR count). The molecule has 20 heavy (non-hydrogen) atoms. The van der Waals surface area contributed by atoms with Crippen LogP contribution in [0.4, 0.5) is 5.69 Å². The van der Waals surface area contributed by atoms with E-state index in [0.29, 0.717) is 12.8 Å². The molecule has 0 bridgehead atoms. The van der Waals surface area contributed by atoms with E-state index in [1.807, 2.05) is 13.8 Å². The number of nitrogen functional groups attached to an aromatic ring is 1. The predicted octanol–water partition coefficient (Wildman–Crippen LogP) is 2.51. The lowest BCUT2D eigenvalue weighted by molar-refractivity contribution is 0.172.